The van der Waals surface area contributed by atoms with Gasteiger partial charge in [0, 0.05) is 54.1 Å². The van der Waals surface area contributed by atoms with Crippen molar-refractivity contribution in [1.29, 1.82) is 0 Å². The third kappa shape index (κ3) is 6.20. The van der Waals surface area contributed by atoms with Crippen LogP contribution in [0, 0.1) is 6.92 Å². The Balaban J connectivity index is 0.000000777. The molecule has 0 amide bonds. The van der Waals surface area contributed by atoms with Crippen LogP contribution in [0.1, 0.15) is 44.0 Å². The van der Waals surface area contributed by atoms with E-state index in [0.29, 0.717) is 0 Å². The van der Waals surface area contributed by atoms with Gasteiger partial charge in [-0.15, -0.1) is 0 Å². The Morgan fingerprint density at radius 1 is 0.884 bits per heavy atom. The smallest absolute Gasteiger partial charge is 0.310 e. The van der Waals surface area contributed by atoms with Gasteiger partial charge in [-0.05, 0) is 51.3 Å². The molecule has 0 aliphatic carbocycles. The zero-order chi connectivity index (χ0) is 29.8. The van der Waals surface area contributed by atoms with E-state index in [2.05, 4.69) is 56.5 Å². The second-order valence-corrected chi connectivity index (χ2v) is 11.1. The second kappa shape index (κ2) is 12.6. The molecule has 0 atom stereocenters. The van der Waals surface area contributed by atoms with Crippen LogP contribution in [-0.2, 0) is 6.54 Å². The van der Waals surface area contributed by atoms with E-state index in [4.69, 9.17) is 9.97 Å². The normalized spacial score (nSPS) is 14.4. The van der Waals surface area contributed by atoms with Gasteiger partial charge in [0.05, 0.1) is 34.1 Å². The van der Waals surface area contributed by atoms with E-state index in [1.807, 2.05) is 80.2 Å². The topological polar surface area (TPSA) is 95.5 Å². The summed E-state index contributed by atoms with van der Waals surface area (Å²) in [6.07, 6.45) is 9.71. The Labute approximate surface area is 251 Å². The maximum atomic E-state index is 12.2. The van der Waals surface area contributed by atoms with Gasteiger partial charge in [0.1, 0.15) is 0 Å². The van der Waals surface area contributed by atoms with E-state index in [1.165, 1.54) is 5.56 Å². The largest absolute Gasteiger partial charge is 0.325 e. The fraction of sp³-hybridized carbons (Fsp3) is 0.257. The van der Waals surface area contributed by atoms with Crippen LogP contribution in [0.3, 0.4) is 0 Å². The molecule has 8 nitrogen and oxygen atoms in total. The van der Waals surface area contributed by atoms with Crippen LogP contribution in [0.2, 0.25) is 0 Å². The third-order valence-corrected chi connectivity index (χ3v) is 8.06. The van der Waals surface area contributed by atoms with E-state index in [1.54, 1.807) is 0 Å². The summed E-state index contributed by atoms with van der Waals surface area (Å²) in [5, 5.41) is 8.23. The molecule has 0 spiro atoms. The lowest BCUT2D eigenvalue weighted by Crippen LogP contribution is -2.36. The first-order valence-corrected chi connectivity index (χ1v) is 14.9. The number of H-pyrrole nitrogens is 2. The molecule has 43 heavy (non-hydrogen) atoms. The van der Waals surface area contributed by atoms with Gasteiger partial charge in [-0.2, -0.15) is 5.10 Å². The molecule has 7 rings (SSSR count). The fourth-order valence-corrected chi connectivity index (χ4v) is 5.68. The first-order chi connectivity index (χ1) is 21.0. The van der Waals surface area contributed by atoms with Crippen molar-refractivity contribution in [3.05, 3.63) is 113 Å². The fourth-order valence-electron chi connectivity index (χ4n) is 5.68. The van der Waals surface area contributed by atoms with Crippen LogP contribution in [0.5, 0.6) is 0 Å². The predicted molar refractivity (Wildman–Crippen MR) is 174 cm³/mol. The maximum Gasteiger partial charge on any atom is 0.325 e. The summed E-state index contributed by atoms with van der Waals surface area (Å²) in [6.45, 7) is 8.76. The number of likely N-dealkylation sites (tertiary alicyclic amines) is 1. The summed E-state index contributed by atoms with van der Waals surface area (Å²) in [7, 11) is 0. The van der Waals surface area contributed by atoms with E-state index in [9.17, 15) is 4.79 Å². The minimum atomic E-state index is 0.00202. The van der Waals surface area contributed by atoms with Crippen LogP contribution in [0.4, 0.5) is 0 Å². The number of hydrogen-bond acceptors (Lipinski definition) is 5. The van der Waals surface area contributed by atoms with Gasteiger partial charge < -0.3 is 4.98 Å². The van der Waals surface area contributed by atoms with Crippen molar-refractivity contribution in [2.45, 2.75) is 46.2 Å². The molecule has 4 heterocycles. The second-order valence-electron chi connectivity index (χ2n) is 11.1. The Hall–Kier alpha value is -4.82. The SMILES string of the molecule is C/C=C\C.Cc1cn(C2CCN(Cc3ccc(-c4nc5cc6[nH]ncc6cc5nc4-c4ccccc4)cc3)CC2)c(=O)[nH]1. The summed E-state index contributed by atoms with van der Waals surface area (Å²) in [6, 6.07) is 23.3. The molecule has 1 fully saturated rings. The highest BCUT2D eigenvalue weighted by atomic mass is 16.1. The van der Waals surface area contributed by atoms with Gasteiger partial charge in [0.25, 0.3) is 0 Å². The van der Waals surface area contributed by atoms with Crippen LogP contribution in [0.15, 0.2) is 96.1 Å². The number of imidazole rings is 1. The average Bonchev–Trinajstić information content (AvgIpc) is 3.65. The van der Waals surface area contributed by atoms with Gasteiger partial charge in [0.15, 0.2) is 0 Å². The van der Waals surface area contributed by atoms with Crippen LogP contribution >= 0.6 is 0 Å². The van der Waals surface area contributed by atoms with Crippen molar-refractivity contribution in [1.82, 2.24) is 34.6 Å². The standard InChI is InChI=1S/C31H29N7O.C4H8/c1-20-18-38(31(39)33-20)25-11-13-37(14-12-25)19-21-7-9-23(10-8-21)30-29(22-5-3-2-4-6-22)34-27-15-24-17-32-36-26(24)16-28(27)35-30;1-3-4-2/h2-10,15-18,25H,11-14,19H2,1H3,(H,32,36)(H,33,39);3-4H,1-2H3/b;4-3-. The molecule has 3 aromatic heterocycles. The van der Waals surface area contributed by atoms with Gasteiger partial charge in [-0.1, -0.05) is 66.7 Å². The number of aromatic nitrogens is 6. The molecule has 1 aliphatic rings. The Morgan fingerprint density at radius 2 is 1.53 bits per heavy atom. The monoisotopic (exact) mass is 571 g/mol. The summed E-state index contributed by atoms with van der Waals surface area (Å²) in [5.41, 5.74) is 8.64. The van der Waals surface area contributed by atoms with Crippen molar-refractivity contribution in [3.8, 4) is 22.5 Å². The average molecular weight is 572 g/mol. The lowest BCUT2D eigenvalue weighted by atomic mass is 10.0. The van der Waals surface area contributed by atoms with Gasteiger partial charge in [-0.25, -0.2) is 14.8 Å². The van der Waals surface area contributed by atoms with E-state index < -0.39 is 0 Å². The zero-order valence-electron chi connectivity index (χ0n) is 24.9. The van der Waals surface area contributed by atoms with Crippen molar-refractivity contribution in [3.63, 3.8) is 0 Å². The molecule has 6 aromatic rings. The molecule has 0 radical (unpaired) electrons. The van der Waals surface area contributed by atoms with E-state index in [-0.39, 0.29) is 11.7 Å². The number of piperidine rings is 1. The van der Waals surface area contributed by atoms with Crippen molar-refractivity contribution in [2.24, 2.45) is 0 Å². The number of nitrogens with one attached hydrogen (secondary N) is 2. The molecular weight excluding hydrogens is 534 g/mol. The molecule has 0 saturated carbocycles. The van der Waals surface area contributed by atoms with Gasteiger partial charge in [-0.3, -0.25) is 14.6 Å². The predicted octanol–water partition coefficient (Wildman–Crippen LogP) is 7.06. The Morgan fingerprint density at radius 3 is 2.16 bits per heavy atom. The van der Waals surface area contributed by atoms with Gasteiger partial charge in [0.2, 0.25) is 0 Å². The molecule has 218 valence electrons. The number of rotatable bonds is 5. The molecular formula is C35H37N7O. The minimum absolute atomic E-state index is 0.00202. The van der Waals surface area contributed by atoms with Crippen LogP contribution < -0.4 is 5.69 Å². The molecule has 1 saturated heterocycles. The quantitative estimate of drug-likeness (QED) is 0.216. The molecule has 2 N–H and O–H groups in total. The van der Waals surface area contributed by atoms with Crippen LogP contribution in [0.25, 0.3) is 44.5 Å². The highest BCUT2D eigenvalue weighted by molar-refractivity contribution is 5.95. The number of nitrogens with zero attached hydrogens (tertiary/aromatic N) is 5. The lowest BCUT2D eigenvalue weighted by molar-refractivity contribution is 0.178. The first-order valence-electron chi connectivity index (χ1n) is 14.9. The number of aromatic amines is 2. The van der Waals surface area contributed by atoms with E-state index in [0.717, 1.165) is 82.6 Å². The van der Waals surface area contributed by atoms with Gasteiger partial charge >= 0.3 is 5.69 Å². The molecule has 3 aromatic carbocycles. The molecule has 0 unspecified atom stereocenters. The maximum absolute atomic E-state index is 12.2. The highest BCUT2D eigenvalue weighted by Crippen LogP contribution is 2.32. The number of benzene rings is 3. The molecule has 0 bridgehead atoms. The Kier molecular flexibility index (Phi) is 8.29. The Bertz CT molecular complexity index is 1900. The summed E-state index contributed by atoms with van der Waals surface area (Å²) >= 11 is 0. The van der Waals surface area contributed by atoms with E-state index >= 15 is 0 Å². The number of hydrogen-bond donors (Lipinski definition) is 2. The molecule has 1 aliphatic heterocycles. The summed E-state index contributed by atoms with van der Waals surface area (Å²) < 4.78 is 1.87. The summed E-state index contributed by atoms with van der Waals surface area (Å²) in [5.74, 6) is 0. The lowest BCUT2D eigenvalue weighted by Gasteiger charge is -2.32. The van der Waals surface area contributed by atoms with Crippen molar-refractivity contribution < 1.29 is 0 Å². The number of aryl methyl sites for hydroxylation is 1. The minimum Gasteiger partial charge on any atom is -0.310 e. The van der Waals surface area contributed by atoms with Crippen molar-refractivity contribution >= 4 is 21.9 Å². The van der Waals surface area contributed by atoms with Crippen LogP contribution in [-0.4, -0.2) is 47.7 Å². The number of allylic oxidation sites excluding steroid dienone is 2. The third-order valence-electron chi connectivity index (χ3n) is 8.06. The zero-order valence-corrected chi connectivity index (χ0v) is 24.9. The summed E-state index contributed by atoms with van der Waals surface area (Å²) in [4.78, 5) is 27.7. The highest BCUT2D eigenvalue weighted by Gasteiger charge is 2.22. The molecule has 8 heteroatoms. The van der Waals surface area contributed by atoms with Crippen molar-refractivity contribution in [2.75, 3.05) is 13.1 Å². The number of fused-ring (bicyclic) bond motifs is 2. The first kappa shape index (κ1) is 28.3.